The van der Waals surface area contributed by atoms with Gasteiger partial charge in [0.15, 0.2) is 0 Å². The molecule has 8 aliphatic carbocycles. The van der Waals surface area contributed by atoms with Gasteiger partial charge in [0.2, 0.25) is 0 Å². The molecule has 8 heteroatoms. The molecule has 0 bridgehead atoms. The van der Waals surface area contributed by atoms with Gasteiger partial charge in [0.05, 0.1) is 48.8 Å². The van der Waals surface area contributed by atoms with Crippen LogP contribution in [0.4, 0.5) is 0 Å². The van der Waals surface area contributed by atoms with E-state index in [0.717, 1.165) is 142 Å². The molecule has 8 fully saturated rings. The van der Waals surface area contributed by atoms with Gasteiger partial charge in [-0.1, -0.05) is 166 Å². The van der Waals surface area contributed by atoms with E-state index in [4.69, 9.17) is 37.9 Å². The Labute approximate surface area is 653 Å². The summed E-state index contributed by atoms with van der Waals surface area (Å²) < 4.78 is 43.7. The van der Waals surface area contributed by atoms with E-state index in [-0.39, 0.29) is 0 Å². The van der Waals surface area contributed by atoms with Gasteiger partial charge in [0.1, 0.15) is 0 Å². The molecule has 0 spiro atoms. The first-order valence-corrected chi connectivity index (χ1v) is 45.3. The average molecular weight is 1470 g/mol. The third kappa shape index (κ3) is 44.8. The zero-order valence-corrected chi connectivity index (χ0v) is 76.4. The lowest BCUT2D eigenvalue weighted by Crippen LogP contribution is -2.29. The molecule has 0 radical (unpaired) electrons. The van der Waals surface area contributed by atoms with E-state index < -0.39 is 0 Å². The van der Waals surface area contributed by atoms with Crippen LogP contribution in [0.1, 0.15) is 372 Å². The molecule has 0 heterocycles. The summed E-state index contributed by atoms with van der Waals surface area (Å²) in [6.45, 7) is 55.9. The predicted octanol–water partition coefficient (Wildman–Crippen LogP) is 27.9. The maximum Gasteiger partial charge on any atom is 0.0597 e. The van der Waals surface area contributed by atoms with Crippen LogP contribution in [0.25, 0.3) is 0 Å². The van der Waals surface area contributed by atoms with Crippen LogP contribution in [0.3, 0.4) is 0 Å². The second kappa shape index (κ2) is 57.7. The fourth-order valence-corrected chi connectivity index (χ4v) is 21.7. The second-order valence-electron chi connectivity index (χ2n) is 40.5. The van der Waals surface area contributed by atoms with Crippen LogP contribution >= 0.6 is 0 Å². The minimum Gasteiger partial charge on any atom is -0.381 e. The first-order valence-electron chi connectivity index (χ1n) is 45.3. The highest BCUT2D eigenvalue weighted by Gasteiger charge is 2.34. The molecule has 0 unspecified atom stereocenters. The summed E-state index contributed by atoms with van der Waals surface area (Å²) in [5, 5.41) is 0. The number of methoxy groups -OCH3 is 8. The topological polar surface area (TPSA) is 73.8 Å². The maximum atomic E-state index is 5.46. The van der Waals surface area contributed by atoms with Gasteiger partial charge in [-0.05, 0) is 347 Å². The summed E-state index contributed by atoms with van der Waals surface area (Å²) in [5.41, 5.74) is 0. The summed E-state index contributed by atoms with van der Waals surface area (Å²) in [4.78, 5) is 0. The summed E-state index contributed by atoms with van der Waals surface area (Å²) in [6, 6.07) is 0. The molecule has 0 N–H and O–H groups in total. The zero-order valence-electron chi connectivity index (χ0n) is 76.4. The first kappa shape index (κ1) is 102. The van der Waals surface area contributed by atoms with Crippen molar-refractivity contribution in [1.29, 1.82) is 0 Å². The van der Waals surface area contributed by atoms with Crippen LogP contribution in [0, 0.1) is 142 Å². The van der Waals surface area contributed by atoms with Gasteiger partial charge in [-0.25, -0.2) is 0 Å². The van der Waals surface area contributed by atoms with Gasteiger partial charge >= 0.3 is 0 Å². The molecule has 8 saturated carbocycles. The molecule has 0 aromatic heterocycles. The van der Waals surface area contributed by atoms with Crippen molar-refractivity contribution in [1.82, 2.24) is 0 Å². The van der Waals surface area contributed by atoms with Crippen molar-refractivity contribution >= 4 is 0 Å². The van der Waals surface area contributed by atoms with Crippen LogP contribution in [0.15, 0.2) is 0 Å². The third-order valence-electron chi connectivity index (χ3n) is 26.5. The highest BCUT2D eigenvalue weighted by atomic mass is 16.5. The van der Waals surface area contributed by atoms with Crippen LogP contribution in [-0.2, 0) is 37.9 Å². The Morgan fingerprint density at radius 2 is 0.250 bits per heavy atom. The van der Waals surface area contributed by atoms with E-state index in [1.54, 1.807) is 0 Å². The second-order valence-corrected chi connectivity index (χ2v) is 40.5. The molecule has 8 rings (SSSR count). The molecule has 0 saturated heterocycles. The molecule has 0 aliphatic heterocycles. The van der Waals surface area contributed by atoms with Gasteiger partial charge < -0.3 is 37.9 Å². The summed E-state index contributed by atoms with van der Waals surface area (Å²) in [7, 11) is 14.8. The van der Waals surface area contributed by atoms with Crippen molar-refractivity contribution in [2.45, 2.75) is 420 Å². The third-order valence-corrected chi connectivity index (χ3v) is 26.5. The minimum atomic E-state index is 0.531. The van der Waals surface area contributed by atoms with Crippen LogP contribution in [0.2, 0.25) is 0 Å². The Morgan fingerprint density at radius 3 is 0.308 bits per heavy atom. The number of rotatable bonds is 24. The Kier molecular flexibility index (Phi) is 56.4. The minimum absolute atomic E-state index is 0.531. The fourth-order valence-electron chi connectivity index (χ4n) is 21.7. The fraction of sp³-hybridized carbons (Fsp3) is 1.00. The van der Waals surface area contributed by atoms with E-state index in [0.29, 0.717) is 48.8 Å². The molecule has 0 aromatic carbocycles. The Bertz CT molecular complexity index is 1540. The SMILES string of the molecule is CO[C@@H]1CC[C@@H](CC(C)C)C[C@@H]1C.CO[C@@H]1CC[C@@H](CC(C)C)C[C@H]1C.CO[C@@H]1CC[C@H](CC(C)C)C[C@@H]1C.CO[C@@H]1CC[C@H](CC(C)C)C[C@H]1C.CO[C@H]1CC[C@@H](CC(C)C)C[C@@H]1C.CO[C@H]1CC[C@@H](CC(C)C)C[C@H]1C.CO[C@H]1CC[C@H](CC(C)C)C[C@@H]1C.CO[C@H]1CC[C@H](CC(C)C)C[C@H]1C. The highest BCUT2D eigenvalue weighted by molar-refractivity contribution is 4.85. The number of ether oxygens (including phenoxy) is 8. The quantitative estimate of drug-likeness (QED) is 0.0946. The van der Waals surface area contributed by atoms with Crippen LogP contribution < -0.4 is 0 Å². The molecule has 0 aromatic rings. The molecule has 624 valence electrons. The van der Waals surface area contributed by atoms with Gasteiger partial charge in [0.25, 0.3) is 0 Å². The van der Waals surface area contributed by atoms with E-state index in [2.05, 4.69) is 166 Å². The van der Waals surface area contributed by atoms with E-state index in [1.165, 1.54) is 205 Å². The Hall–Kier alpha value is -0.320. The smallest absolute Gasteiger partial charge is 0.0597 e. The zero-order chi connectivity index (χ0) is 78.8. The van der Waals surface area contributed by atoms with Crippen LogP contribution in [0.5, 0.6) is 0 Å². The molecular formula is C96H192O8. The normalized spacial score (nSPS) is 35.3. The van der Waals surface area contributed by atoms with Crippen molar-refractivity contribution in [2.24, 2.45) is 142 Å². The lowest BCUT2D eigenvalue weighted by molar-refractivity contribution is 0.0123. The van der Waals surface area contributed by atoms with Gasteiger partial charge in [-0.3, -0.25) is 0 Å². The van der Waals surface area contributed by atoms with E-state index in [9.17, 15) is 0 Å². The molecular weight excluding hydrogens is 1280 g/mol. The van der Waals surface area contributed by atoms with Crippen LogP contribution in [-0.4, -0.2) is 106 Å². The molecule has 24 atom stereocenters. The van der Waals surface area contributed by atoms with Gasteiger partial charge in [-0.2, -0.15) is 0 Å². The lowest BCUT2D eigenvalue weighted by Gasteiger charge is -2.34. The number of hydrogen-bond donors (Lipinski definition) is 0. The largest absolute Gasteiger partial charge is 0.381 e. The van der Waals surface area contributed by atoms with Crippen molar-refractivity contribution < 1.29 is 37.9 Å². The standard InChI is InChI=1S/8C12H24O/c8*1-9(2)7-11-5-6-12(13-4)10(3)8-11/h8*9-12H,5-8H2,1-4H3/t2*10-,11+,12+;2*10-,11+,12-;2*10-,11-,12+;2*10-,11-,12-/m10101010/s1. The highest BCUT2D eigenvalue weighted by Crippen LogP contribution is 2.41. The van der Waals surface area contributed by atoms with E-state index in [1.807, 2.05) is 56.9 Å². The Balaban J connectivity index is 0.000000594. The predicted molar refractivity (Wildman–Crippen MR) is 454 cm³/mol. The van der Waals surface area contributed by atoms with Crippen molar-refractivity contribution in [3.8, 4) is 0 Å². The van der Waals surface area contributed by atoms with Crippen molar-refractivity contribution in [3.63, 3.8) is 0 Å². The first-order chi connectivity index (χ1) is 49.0. The summed E-state index contributed by atoms with van der Waals surface area (Å²) in [6.07, 6.45) is 47.6. The van der Waals surface area contributed by atoms with Gasteiger partial charge in [-0.15, -0.1) is 0 Å². The average Bonchev–Trinajstić information content (AvgIpc) is 0.949. The summed E-state index contributed by atoms with van der Waals surface area (Å²) >= 11 is 0. The summed E-state index contributed by atoms with van der Waals surface area (Å²) in [5.74, 6) is 20.7. The Morgan fingerprint density at radius 1 is 0.163 bits per heavy atom. The molecule has 0 amide bonds. The van der Waals surface area contributed by atoms with Crippen molar-refractivity contribution in [3.05, 3.63) is 0 Å². The molecule has 8 nitrogen and oxygen atoms in total. The molecule has 8 aliphatic rings. The molecule has 104 heavy (non-hydrogen) atoms. The maximum absolute atomic E-state index is 5.46. The number of hydrogen-bond acceptors (Lipinski definition) is 8. The lowest BCUT2D eigenvalue weighted by atomic mass is 9.77. The van der Waals surface area contributed by atoms with E-state index >= 15 is 0 Å². The van der Waals surface area contributed by atoms with Crippen molar-refractivity contribution in [2.75, 3.05) is 56.9 Å². The monoisotopic (exact) mass is 1470 g/mol. The van der Waals surface area contributed by atoms with Gasteiger partial charge in [0, 0.05) is 56.9 Å².